The molecule has 0 saturated heterocycles. The highest BCUT2D eigenvalue weighted by Crippen LogP contribution is 2.24. The summed E-state index contributed by atoms with van der Waals surface area (Å²) in [5, 5.41) is 11.8. The summed E-state index contributed by atoms with van der Waals surface area (Å²) in [4.78, 5) is 16.4. The van der Waals surface area contributed by atoms with Crippen LogP contribution in [0.1, 0.15) is 25.8 Å². The number of amides is 2. The average molecular weight is 382 g/mol. The van der Waals surface area contributed by atoms with Crippen LogP contribution in [-0.4, -0.2) is 28.7 Å². The van der Waals surface area contributed by atoms with E-state index in [9.17, 15) is 4.79 Å². The molecule has 3 rings (SSSR count). The Hall–Kier alpha value is -2.80. The lowest BCUT2D eigenvalue weighted by Crippen LogP contribution is -2.25. The first-order valence-electron chi connectivity index (χ1n) is 8.89. The van der Waals surface area contributed by atoms with Gasteiger partial charge in [0.25, 0.3) is 0 Å². The minimum absolute atomic E-state index is 0.374. The first-order valence-corrected chi connectivity index (χ1v) is 9.77. The monoisotopic (exact) mass is 381 g/mol. The fourth-order valence-electron chi connectivity index (χ4n) is 2.50. The Morgan fingerprint density at radius 1 is 1.15 bits per heavy atom. The number of benzene rings is 2. The molecule has 1 heterocycles. The maximum absolute atomic E-state index is 11.9. The number of hydrogen-bond donors (Lipinski definition) is 3. The highest BCUT2D eigenvalue weighted by Gasteiger charge is 2.17. The Kier molecular flexibility index (Phi) is 6.49. The quantitative estimate of drug-likeness (QED) is 0.526. The van der Waals surface area contributed by atoms with Crippen molar-refractivity contribution in [3.05, 3.63) is 60.2 Å². The number of hydrazone groups is 1. The van der Waals surface area contributed by atoms with Crippen LogP contribution in [0.4, 0.5) is 16.2 Å². The summed E-state index contributed by atoms with van der Waals surface area (Å²) in [7, 11) is 0. The van der Waals surface area contributed by atoms with E-state index in [2.05, 4.69) is 33.1 Å². The van der Waals surface area contributed by atoms with Gasteiger partial charge >= 0.3 is 6.03 Å². The summed E-state index contributed by atoms with van der Waals surface area (Å²) < 4.78 is 0. The van der Waals surface area contributed by atoms with Crippen molar-refractivity contribution in [2.24, 2.45) is 10.1 Å². The highest BCUT2D eigenvalue weighted by molar-refractivity contribution is 8.15. The number of carbonyl (C=O) groups excluding carboxylic acids is 1. The van der Waals surface area contributed by atoms with Crippen molar-refractivity contribution in [3.8, 4) is 0 Å². The molecule has 1 atom stereocenters. The van der Waals surface area contributed by atoms with Crippen molar-refractivity contribution < 1.29 is 4.79 Å². The first kappa shape index (κ1) is 19.0. The number of carbonyl (C=O) groups is 1. The van der Waals surface area contributed by atoms with Crippen LogP contribution in [0.25, 0.3) is 0 Å². The van der Waals surface area contributed by atoms with Gasteiger partial charge in [-0.05, 0) is 43.2 Å². The summed E-state index contributed by atoms with van der Waals surface area (Å²) in [5.41, 5.74) is 5.89. The van der Waals surface area contributed by atoms with E-state index in [0.29, 0.717) is 5.25 Å². The maximum atomic E-state index is 11.9. The summed E-state index contributed by atoms with van der Waals surface area (Å²) in [5.74, 6) is 0. The van der Waals surface area contributed by atoms with E-state index < -0.39 is 0 Å². The molecule has 27 heavy (non-hydrogen) atoms. The third kappa shape index (κ3) is 5.59. The maximum Gasteiger partial charge on any atom is 0.339 e. The molecule has 6 nitrogen and oxygen atoms in total. The van der Waals surface area contributed by atoms with Crippen LogP contribution in [0, 0.1) is 0 Å². The molecule has 1 aliphatic rings. The molecule has 2 aromatic carbocycles. The second kappa shape index (κ2) is 9.23. The van der Waals surface area contributed by atoms with E-state index in [1.165, 1.54) is 0 Å². The van der Waals surface area contributed by atoms with Gasteiger partial charge in [-0.2, -0.15) is 5.10 Å². The zero-order valence-electron chi connectivity index (χ0n) is 15.4. The highest BCUT2D eigenvalue weighted by atomic mass is 32.2. The van der Waals surface area contributed by atoms with Gasteiger partial charge in [0.05, 0.1) is 12.3 Å². The second-order valence-electron chi connectivity index (χ2n) is 6.13. The van der Waals surface area contributed by atoms with Crippen LogP contribution in [0.5, 0.6) is 0 Å². The molecule has 0 fully saturated rings. The largest absolute Gasteiger partial charge is 0.339 e. The SMILES string of the molecule is CC[C@H]1CN=C(Nc2ccc(/C(C)=N\NC(=O)Nc3ccccc3)cc2)S1. The summed E-state index contributed by atoms with van der Waals surface area (Å²) in [6, 6.07) is 16.8. The van der Waals surface area contributed by atoms with Crippen LogP contribution >= 0.6 is 11.8 Å². The molecular weight excluding hydrogens is 358 g/mol. The van der Waals surface area contributed by atoms with Gasteiger partial charge in [0, 0.05) is 16.6 Å². The third-order valence-electron chi connectivity index (χ3n) is 4.08. The molecule has 3 N–H and O–H groups in total. The fraction of sp³-hybridized carbons (Fsp3) is 0.250. The van der Waals surface area contributed by atoms with Gasteiger partial charge in [-0.25, -0.2) is 10.2 Å². The number of para-hydroxylation sites is 1. The Bertz CT molecular complexity index is 833. The minimum Gasteiger partial charge on any atom is -0.335 e. The number of amidine groups is 1. The number of rotatable bonds is 5. The number of nitrogens with one attached hydrogen (secondary N) is 3. The Labute approximate surface area is 163 Å². The summed E-state index contributed by atoms with van der Waals surface area (Å²) >= 11 is 1.79. The number of urea groups is 1. The minimum atomic E-state index is -0.374. The predicted octanol–water partition coefficient (Wildman–Crippen LogP) is 4.53. The average Bonchev–Trinajstić information content (AvgIpc) is 3.15. The van der Waals surface area contributed by atoms with E-state index in [0.717, 1.165) is 40.8 Å². The molecule has 0 aliphatic carbocycles. The van der Waals surface area contributed by atoms with Crippen molar-refractivity contribution in [1.29, 1.82) is 0 Å². The summed E-state index contributed by atoms with van der Waals surface area (Å²) in [6.07, 6.45) is 1.12. The normalized spacial score (nSPS) is 16.6. The molecule has 0 bridgehead atoms. The topological polar surface area (TPSA) is 77.9 Å². The molecule has 2 amide bonds. The van der Waals surface area contributed by atoms with Gasteiger partial charge in [-0.1, -0.05) is 49.0 Å². The number of anilines is 2. The van der Waals surface area contributed by atoms with E-state index in [1.54, 1.807) is 11.8 Å². The molecule has 1 aliphatic heterocycles. The lowest BCUT2D eigenvalue weighted by Gasteiger charge is -2.08. The molecule has 0 saturated carbocycles. The lowest BCUT2D eigenvalue weighted by atomic mass is 10.1. The Balaban J connectivity index is 1.53. The van der Waals surface area contributed by atoms with Crippen LogP contribution in [0.3, 0.4) is 0 Å². The van der Waals surface area contributed by atoms with Crippen molar-refractivity contribution >= 4 is 40.0 Å². The number of aliphatic imine (C=N–C) groups is 1. The molecule has 0 unspecified atom stereocenters. The van der Waals surface area contributed by atoms with Crippen LogP contribution in [0.15, 0.2) is 64.7 Å². The number of nitrogens with zero attached hydrogens (tertiary/aromatic N) is 2. The molecule has 0 radical (unpaired) electrons. The van der Waals surface area contributed by atoms with E-state index >= 15 is 0 Å². The van der Waals surface area contributed by atoms with Gasteiger partial charge in [-0.3, -0.25) is 4.99 Å². The van der Waals surface area contributed by atoms with Crippen LogP contribution in [0.2, 0.25) is 0 Å². The van der Waals surface area contributed by atoms with E-state index in [4.69, 9.17) is 0 Å². The Morgan fingerprint density at radius 2 is 1.89 bits per heavy atom. The van der Waals surface area contributed by atoms with Gasteiger partial charge in [0.15, 0.2) is 5.17 Å². The van der Waals surface area contributed by atoms with Crippen molar-refractivity contribution in [1.82, 2.24) is 5.43 Å². The zero-order valence-corrected chi connectivity index (χ0v) is 16.2. The predicted molar refractivity (Wildman–Crippen MR) is 115 cm³/mol. The molecule has 7 heteroatoms. The van der Waals surface area contributed by atoms with Crippen molar-refractivity contribution in [2.45, 2.75) is 25.5 Å². The standard InChI is InChI=1S/C20H23N5OS/c1-3-18-13-21-20(27-18)23-17-11-9-15(10-12-17)14(2)24-25-19(26)22-16-7-5-4-6-8-16/h4-12,18H,3,13H2,1-2H3,(H,21,23)(H2,22,25,26)/b24-14-/t18-/m0/s1. The Morgan fingerprint density at radius 3 is 2.56 bits per heavy atom. The zero-order chi connectivity index (χ0) is 19.1. The fourth-order valence-corrected chi connectivity index (χ4v) is 3.45. The molecule has 0 spiro atoms. The first-order chi connectivity index (χ1) is 13.1. The van der Waals surface area contributed by atoms with Crippen LogP contribution < -0.4 is 16.1 Å². The smallest absolute Gasteiger partial charge is 0.335 e. The van der Waals surface area contributed by atoms with Gasteiger partial charge < -0.3 is 10.6 Å². The number of thioether (sulfide) groups is 1. The van der Waals surface area contributed by atoms with Gasteiger partial charge in [-0.15, -0.1) is 0 Å². The van der Waals surface area contributed by atoms with E-state index in [1.807, 2.05) is 61.5 Å². The number of hydrogen-bond acceptors (Lipinski definition) is 5. The molecular formula is C20H23N5OS. The molecule has 0 aromatic heterocycles. The van der Waals surface area contributed by atoms with Crippen LogP contribution in [-0.2, 0) is 0 Å². The van der Waals surface area contributed by atoms with E-state index in [-0.39, 0.29) is 6.03 Å². The second-order valence-corrected chi connectivity index (χ2v) is 7.41. The van der Waals surface area contributed by atoms with Gasteiger partial charge in [0.2, 0.25) is 0 Å². The molecule has 140 valence electrons. The van der Waals surface area contributed by atoms with Crippen molar-refractivity contribution in [2.75, 3.05) is 17.2 Å². The molecule has 2 aromatic rings. The third-order valence-corrected chi connectivity index (χ3v) is 5.35. The lowest BCUT2D eigenvalue weighted by molar-refractivity contribution is 0.252. The summed E-state index contributed by atoms with van der Waals surface area (Å²) in [6.45, 7) is 4.92. The van der Waals surface area contributed by atoms with Crippen molar-refractivity contribution in [3.63, 3.8) is 0 Å². The van der Waals surface area contributed by atoms with Gasteiger partial charge in [0.1, 0.15) is 0 Å².